The van der Waals surface area contributed by atoms with Gasteiger partial charge in [-0.15, -0.1) is 11.8 Å². The molecule has 133 heavy (non-hydrogen) atoms. The summed E-state index contributed by atoms with van der Waals surface area (Å²) in [6.45, 7) is 5.11. The molecular formula is C88H125F2N23O19S. The molecule has 45 heteroatoms. The number of unbranched alkanes of at least 4 members (excludes halogenated alkanes) is 2. The van der Waals surface area contributed by atoms with Crippen LogP contribution in [0.4, 0.5) is 8.78 Å². The molecule has 3 aromatic carbocycles. The highest BCUT2D eigenvalue weighted by atomic mass is 32.2. The summed E-state index contributed by atoms with van der Waals surface area (Å²) in [4.78, 5) is 260. The SMILES string of the molecule is CCCC[C@H]1C(=O)N(C)[C@@H](CCCC)C(=O)N[C@@H](CCCNC(=N)N)C(=O)N[C@H](C(=O)NCC(N)=O)CSCC(=O)N[C@@H](Cc2ccc(F)c(F)c2)C(=O)N(C)[C@@H](C)C(=O)N[C@@H](CC(N)=O)C(=O)N2CCC[C@H]2C(=O)N[C@@H](CN)C(=O)N[C@@H](CC(C)C)C(=O)N2C[C@H](O)C[C@H]2C(=O)N[C@@H](Cc2c[nH]c3ccccc23)C(=O)N[C@@H](CO)C(=O)N[C@@H](Cc2c[nH]c3ccccc23)C(=O)N1C. The summed E-state index contributed by atoms with van der Waals surface area (Å²) in [5, 5.41) is 59.9. The van der Waals surface area contributed by atoms with E-state index < -0.39 is 266 Å². The highest BCUT2D eigenvalue weighted by molar-refractivity contribution is 8.00. The van der Waals surface area contributed by atoms with Crippen molar-refractivity contribution < 1.29 is 101 Å². The van der Waals surface area contributed by atoms with E-state index in [-0.39, 0.29) is 82.4 Å². The summed E-state index contributed by atoms with van der Waals surface area (Å²) >= 11 is 0.685. The number of primary amides is 2. The van der Waals surface area contributed by atoms with Gasteiger partial charge in [0.05, 0.1) is 31.4 Å². The van der Waals surface area contributed by atoms with E-state index in [0.29, 0.717) is 70.4 Å². The summed E-state index contributed by atoms with van der Waals surface area (Å²) in [5.41, 5.74) is 25.0. The standard InChI is InChI=1S/C88H125F2N23O19S/c1-9-11-24-67-80(125)101-58(23-17-29-96-88(94)95)76(121)108-66(75(120)99-41-72(93)117)44-133-45-73(118)100-61(33-48-27-28-54(89)55(90)32-48)83(128)109(6)47(5)74(119)103-63(37-71(92)116)85(130)112-30-18-26-68(112)81(126)106-64(38-91)78(123)104-60(31-46(3)4)86(131)113-42-51(115)36-70(113)82(127)102-59(34-49-39-97-56-21-15-13-19-52(49)56)77(122)107-65(43-114)79(124)105-62(35-50-40-98-57-22-16-14-20-53(50)57)84(129)111(8)69(25-12-10-2)87(132)110(67)7/h13-16,19-22,27-28,32,39-40,46-47,51,58-70,97-98,114-115H,9-12,17-18,23-26,29-31,33-38,41-45,91H2,1-8H3,(H2,92,116)(H2,93,117)(H,99,120)(H,100,118)(H,101,125)(H,102,127)(H,103,119)(H,104,123)(H,105,124)(H,106,126)(H,107,122)(H,108,121)(H4,94,95,96)/t47-,51+,58-,59-,60-,61-,62-,63-,64-,65-,66-,67-,68-,69-,70-/m0/s1. The van der Waals surface area contributed by atoms with Crippen LogP contribution < -0.4 is 81.4 Å². The highest BCUT2D eigenvalue weighted by Gasteiger charge is 2.47. The number of benzene rings is 3. The number of amides is 17. The maximum absolute atomic E-state index is 15.7. The molecule has 5 aromatic rings. The van der Waals surface area contributed by atoms with E-state index in [2.05, 4.69) is 68.5 Å². The number of guanidine groups is 1. The smallest absolute Gasteiger partial charge is 0.246 e. The van der Waals surface area contributed by atoms with Gasteiger partial charge < -0.3 is 126 Å². The Labute approximate surface area is 771 Å². The molecule has 3 fully saturated rings. The Hall–Kier alpha value is -12.9. The minimum absolute atomic E-state index is 0.00641. The summed E-state index contributed by atoms with van der Waals surface area (Å²) < 4.78 is 29.3. The Morgan fingerprint density at radius 3 is 1.69 bits per heavy atom. The molecule has 726 valence electrons. The second-order valence-electron chi connectivity index (χ2n) is 34.0. The van der Waals surface area contributed by atoms with E-state index >= 15 is 33.6 Å². The lowest BCUT2D eigenvalue weighted by molar-refractivity contribution is -0.149. The van der Waals surface area contributed by atoms with Crippen molar-refractivity contribution in [2.24, 2.45) is 28.9 Å². The van der Waals surface area contributed by atoms with E-state index in [4.69, 9.17) is 28.3 Å². The fourth-order valence-electron chi connectivity index (χ4n) is 16.2. The quantitative estimate of drug-likeness (QED) is 0.0154. The number of hydrogen-bond acceptors (Lipinski definition) is 22. The average molecular weight is 1880 g/mol. The highest BCUT2D eigenvalue weighted by Crippen LogP contribution is 2.28. The van der Waals surface area contributed by atoms with Crippen molar-refractivity contribution in [3.63, 3.8) is 0 Å². The lowest BCUT2D eigenvalue weighted by atomic mass is 10.00. The number of rotatable bonds is 25. The Bertz CT molecular complexity index is 5040. The number of nitrogens with one attached hydrogen (secondary N) is 14. The monoisotopic (exact) mass is 1880 g/mol. The summed E-state index contributed by atoms with van der Waals surface area (Å²) in [5.74, 6) is -21.5. The second-order valence-corrected chi connectivity index (χ2v) is 35.0. The van der Waals surface area contributed by atoms with Gasteiger partial charge in [-0.2, -0.15) is 0 Å². The van der Waals surface area contributed by atoms with Crippen molar-refractivity contribution in [2.75, 3.05) is 72.0 Å². The van der Waals surface area contributed by atoms with Crippen molar-refractivity contribution in [3.8, 4) is 0 Å². The van der Waals surface area contributed by atoms with Gasteiger partial charge in [0, 0.05) is 113 Å². The molecule has 2 aromatic heterocycles. The number of thioether (sulfide) groups is 1. The molecule has 24 N–H and O–H groups in total. The number of aromatic nitrogens is 2. The number of carbonyl (C=O) groups is 17. The average Bonchev–Trinajstić information content (AvgIpc) is 1.70. The number of aliphatic hydroxyl groups is 2. The molecule has 3 saturated heterocycles. The number of H-pyrrole nitrogens is 2. The maximum Gasteiger partial charge on any atom is 0.246 e. The lowest BCUT2D eigenvalue weighted by Gasteiger charge is -2.36. The number of likely N-dealkylation sites (N-methyl/N-ethyl adjacent to an activating group) is 3. The zero-order valence-corrected chi connectivity index (χ0v) is 76.6. The molecule has 0 unspecified atom stereocenters. The number of fused-ring (bicyclic) bond motifs is 4. The van der Waals surface area contributed by atoms with Crippen LogP contribution in [-0.2, 0) is 101 Å². The minimum atomic E-state index is -1.90. The van der Waals surface area contributed by atoms with Gasteiger partial charge in [0.15, 0.2) is 17.6 Å². The first-order valence-corrected chi connectivity index (χ1v) is 45.5. The van der Waals surface area contributed by atoms with E-state index in [9.17, 15) is 66.9 Å². The fourth-order valence-corrected chi connectivity index (χ4v) is 17.1. The molecule has 15 atom stereocenters. The molecule has 0 bridgehead atoms. The Morgan fingerprint density at radius 2 is 1.09 bits per heavy atom. The molecular weight excluding hydrogens is 1750 g/mol. The van der Waals surface area contributed by atoms with Crippen LogP contribution in [0.3, 0.4) is 0 Å². The number of aromatic amines is 2. The largest absolute Gasteiger partial charge is 0.394 e. The Balaban J connectivity index is 1.19. The van der Waals surface area contributed by atoms with Gasteiger partial charge in [0.2, 0.25) is 100 Å². The number of nitrogens with two attached hydrogens (primary N) is 4. The van der Waals surface area contributed by atoms with Crippen LogP contribution in [0, 0.1) is 23.0 Å². The number of carbonyl (C=O) groups excluding carboxylic acids is 17. The van der Waals surface area contributed by atoms with Gasteiger partial charge in [0.25, 0.3) is 0 Å². The van der Waals surface area contributed by atoms with Crippen LogP contribution >= 0.6 is 11.8 Å². The van der Waals surface area contributed by atoms with Crippen LogP contribution in [0.25, 0.3) is 21.8 Å². The predicted molar refractivity (Wildman–Crippen MR) is 485 cm³/mol. The van der Waals surface area contributed by atoms with E-state index in [1.165, 1.54) is 21.0 Å². The Morgan fingerprint density at radius 1 is 0.556 bits per heavy atom. The molecule has 3 aliphatic heterocycles. The summed E-state index contributed by atoms with van der Waals surface area (Å²) in [6.07, 6.45) is 0.618. The molecule has 8 rings (SSSR count). The van der Waals surface area contributed by atoms with Crippen molar-refractivity contribution in [1.82, 2.24) is 93.0 Å². The molecule has 17 amide bonds. The van der Waals surface area contributed by atoms with Gasteiger partial charge in [0.1, 0.15) is 84.6 Å². The van der Waals surface area contributed by atoms with Crippen LogP contribution in [-0.4, -0.2) is 314 Å². The zero-order valence-electron chi connectivity index (χ0n) is 75.8. The second kappa shape index (κ2) is 50.1. The fraction of sp³-hybridized carbons (Fsp3) is 0.545. The number of halogens is 2. The number of aliphatic hydroxyl groups excluding tert-OH is 2. The third-order valence-electron chi connectivity index (χ3n) is 23.6. The molecule has 0 aliphatic carbocycles. The zero-order chi connectivity index (χ0) is 97.8. The van der Waals surface area contributed by atoms with Gasteiger partial charge in [-0.3, -0.25) is 86.9 Å². The minimum Gasteiger partial charge on any atom is -0.394 e. The number of hydrogen-bond donors (Lipinski definition) is 20. The van der Waals surface area contributed by atoms with Gasteiger partial charge >= 0.3 is 0 Å². The molecule has 0 radical (unpaired) electrons. The summed E-state index contributed by atoms with van der Waals surface area (Å²) in [7, 11) is 3.77. The topological polar surface area (TPSA) is 639 Å². The predicted octanol–water partition coefficient (Wildman–Crippen LogP) is -3.36. The van der Waals surface area contributed by atoms with Crippen molar-refractivity contribution in [1.29, 1.82) is 5.41 Å². The van der Waals surface area contributed by atoms with Gasteiger partial charge in [-0.25, -0.2) is 8.78 Å². The van der Waals surface area contributed by atoms with Crippen molar-refractivity contribution >= 4 is 140 Å². The van der Waals surface area contributed by atoms with Crippen molar-refractivity contribution in [2.45, 2.75) is 228 Å². The third kappa shape index (κ3) is 29.3. The molecule has 5 heterocycles. The van der Waals surface area contributed by atoms with Crippen LogP contribution in [0.1, 0.15) is 135 Å². The molecule has 0 spiro atoms. The van der Waals surface area contributed by atoms with E-state index in [1.807, 2.05) is 13.8 Å². The Kier molecular flexibility index (Phi) is 39.7. The normalized spacial score (nSPS) is 25.0. The first-order valence-electron chi connectivity index (χ1n) is 44.4. The van der Waals surface area contributed by atoms with Crippen LogP contribution in [0.2, 0.25) is 0 Å². The first-order chi connectivity index (χ1) is 63.2. The molecule has 3 aliphatic rings. The summed E-state index contributed by atoms with van der Waals surface area (Å²) in [6, 6.07) is -5.93. The van der Waals surface area contributed by atoms with Crippen LogP contribution in [0.5, 0.6) is 0 Å². The maximum atomic E-state index is 15.7. The molecule has 42 nitrogen and oxygen atoms in total. The van der Waals surface area contributed by atoms with Crippen molar-refractivity contribution in [3.05, 3.63) is 107 Å². The first kappa shape index (κ1) is 105. The van der Waals surface area contributed by atoms with E-state index in [0.717, 1.165) is 49.7 Å². The molecule has 0 saturated carbocycles. The van der Waals surface area contributed by atoms with Gasteiger partial charge in [-0.05, 0) is 98.7 Å². The lowest BCUT2D eigenvalue weighted by Crippen LogP contribution is -2.62. The number of para-hydroxylation sites is 2. The van der Waals surface area contributed by atoms with Crippen LogP contribution in [0.15, 0.2) is 79.1 Å². The van der Waals surface area contributed by atoms with E-state index in [1.54, 1.807) is 74.8 Å². The third-order valence-corrected chi connectivity index (χ3v) is 24.7. The van der Waals surface area contributed by atoms with Gasteiger partial charge in [-0.1, -0.05) is 95.8 Å². The number of nitrogens with zero attached hydrogens (tertiary/aromatic N) is 5.